The molecule has 5 heterocycles. The minimum Gasteiger partial charge on any atom is -0.472 e. The van der Waals surface area contributed by atoms with Crippen molar-refractivity contribution in [3.8, 4) is 5.88 Å². The van der Waals surface area contributed by atoms with Gasteiger partial charge in [0.25, 0.3) is 0 Å². The summed E-state index contributed by atoms with van der Waals surface area (Å²) in [6.07, 6.45) is 5.68. The van der Waals surface area contributed by atoms with Gasteiger partial charge in [0, 0.05) is 43.9 Å². The summed E-state index contributed by atoms with van der Waals surface area (Å²) in [5.74, 6) is 2.50. The molecular weight excluding hydrogens is 586 g/mol. The lowest BCUT2D eigenvalue weighted by Gasteiger charge is -2.32. The maximum atomic E-state index is 12.9. The lowest BCUT2D eigenvalue weighted by molar-refractivity contribution is 0.0537. The molecule has 246 valence electrons. The molecule has 12 heteroatoms. The number of hydrogen-bond acceptors (Lipinski definition) is 9. The van der Waals surface area contributed by atoms with Crippen LogP contribution in [-0.2, 0) is 16.1 Å². The summed E-state index contributed by atoms with van der Waals surface area (Å²) in [5.41, 5.74) is 2.79. The molecule has 2 N–H and O–H groups in total. The Hall–Kier alpha value is -4.06. The number of benzene rings is 1. The number of carbonyl (C=O) groups is 2. The van der Waals surface area contributed by atoms with Crippen LogP contribution in [0.25, 0.3) is 5.65 Å². The summed E-state index contributed by atoms with van der Waals surface area (Å²) in [5, 5.41) is 11.7. The van der Waals surface area contributed by atoms with Gasteiger partial charge in [-0.1, -0.05) is 44.2 Å². The smallest absolute Gasteiger partial charge is 0.410 e. The lowest BCUT2D eigenvalue weighted by atomic mass is 10.0. The van der Waals surface area contributed by atoms with Gasteiger partial charge >= 0.3 is 12.2 Å². The number of carbonyl (C=O) groups excluding carboxylic acids is 2. The third kappa shape index (κ3) is 6.72. The number of nitrogens with zero attached hydrogens (tertiary/aromatic N) is 5. The van der Waals surface area contributed by atoms with Crippen LogP contribution in [0.1, 0.15) is 63.0 Å². The van der Waals surface area contributed by atoms with Crippen molar-refractivity contribution in [2.24, 2.45) is 11.8 Å². The third-order valence-electron chi connectivity index (χ3n) is 9.87. The minimum absolute atomic E-state index is 0.0113. The molecule has 1 saturated carbocycles. The highest BCUT2D eigenvalue weighted by atomic mass is 16.6. The topological polar surface area (TPSA) is 123 Å². The Bertz CT molecular complexity index is 1510. The van der Waals surface area contributed by atoms with E-state index in [1.54, 1.807) is 4.90 Å². The molecule has 2 amide bonds. The Morgan fingerprint density at radius 3 is 2.57 bits per heavy atom. The number of hydrogen-bond donors (Lipinski definition) is 2. The monoisotopic (exact) mass is 631 g/mol. The quantitative estimate of drug-likeness (QED) is 0.366. The zero-order chi connectivity index (χ0) is 31.6. The first kappa shape index (κ1) is 30.6. The van der Waals surface area contributed by atoms with Gasteiger partial charge in [0.2, 0.25) is 5.88 Å². The molecule has 4 atom stereocenters. The van der Waals surface area contributed by atoms with Crippen molar-refractivity contribution < 1.29 is 23.8 Å². The van der Waals surface area contributed by atoms with Crippen LogP contribution in [0.5, 0.6) is 5.88 Å². The molecule has 7 rings (SSSR count). The number of amides is 2. The SMILES string of the molecule is CC(C)c1cnn2c(NC3CC4CN(C(=O)OC5CCNC5)CC4C3)cc(O[C@@H]3CCCN(C(=O)OCc4ccccc4)C3)nc12. The number of likely N-dealkylation sites (tertiary alicyclic amines) is 2. The first-order valence-electron chi connectivity index (χ1n) is 16.8. The Kier molecular flexibility index (Phi) is 8.88. The summed E-state index contributed by atoms with van der Waals surface area (Å²) in [7, 11) is 0. The highest BCUT2D eigenvalue weighted by molar-refractivity contribution is 5.68. The van der Waals surface area contributed by atoms with Gasteiger partial charge in [0.15, 0.2) is 5.65 Å². The van der Waals surface area contributed by atoms with Gasteiger partial charge in [0.05, 0.1) is 12.7 Å². The fourth-order valence-corrected chi connectivity index (χ4v) is 7.43. The fourth-order valence-electron chi connectivity index (χ4n) is 7.43. The summed E-state index contributed by atoms with van der Waals surface area (Å²) in [6.45, 7) is 8.75. The molecule has 4 fully saturated rings. The Balaban J connectivity index is 0.999. The fraction of sp³-hybridized carbons (Fsp3) is 0.588. The number of aromatic nitrogens is 3. The molecule has 3 aromatic rings. The van der Waals surface area contributed by atoms with Gasteiger partial charge < -0.3 is 34.6 Å². The van der Waals surface area contributed by atoms with Crippen molar-refractivity contribution >= 4 is 23.7 Å². The van der Waals surface area contributed by atoms with Crippen molar-refractivity contribution in [2.75, 3.05) is 44.6 Å². The second-order valence-electron chi connectivity index (χ2n) is 13.6. The van der Waals surface area contributed by atoms with Crippen LogP contribution in [0.15, 0.2) is 42.6 Å². The molecule has 3 saturated heterocycles. The molecule has 4 aliphatic rings. The molecule has 3 aliphatic heterocycles. The van der Waals surface area contributed by atoms with Crippen LogP contribution < -0.4 is 15.4 Å². The molecular formula is C34H45N7O5. The zero-order valence-corrected chi connectivity index (χ0v) is 26.8. The highest BCUT2D eigenvalue weighted by Crippen LogP contribution is 2.40. The second kappa shape index (κ2) is 13.4. The van der Waals surface area contributed by atoms with E-state index in [1.165, 1.54) is 0 Å². The van der Waals surface area contributed by atoms with Crippen LogP contribution >= 0.6 is 0 Å². The summed E-state index contributed by atoms with van der Waals surface area (Å²) in [4.78, 5) is 34.2. The van der Waals surface area contributed by atoms with Crippen molar-refractivity contribution in [3.05, 3.63) is 53.7 Å². The molecule has 3 unspecified atom stereocenters. The van der Waals surface area contributed by atoms with Crippen LogP contribution in [0.2, 0.25) is 0 Å². The summed E-state index contributed by atoms with van der Waals surface area (Å²) < 4.78 is 19.7. The maximum Gasteiger partial charge on any atom is 0.410 e. The van der Waals surface area contributed by atoms with E-state index < -0.39 is 0 Å². The summed E-state index contributed by atoms with van der Waals surface area (Å²) in [6, 6.07) is 11.9. The van der Waals surface area contributed by atoms with Gasteiger partial charge in [-0.15, -0.1) is 0 Å². The van der Waals surface area contributed by atoms with E-state index >= 15 is 0 Å². The number of rotatable bonds is 8. The van der Waals surface area contributed by atoms with Crippen molar-refractivity contribution in [1.82, 2.24) is 29.7 Å². The molecule has 0 bridgehead atoms. The standard InChI is InChI=1S/C34H45N7O5/c1-22(2)29-17-36-41-30(37-26-13-24-18-40(19-25(24)14-26)34(43)46-27-10-11-35-16-27)15-31(38-32(29)41)45-28-9-6-12-39(20-28)33(42)44-21-23-7-4-3-5-8-23/h3-5,7-8,15,17,22,24-28,35,37H,6,9-14,16,18-21H2,1-2H3/t24?,25?,26?,27?,28-/m1/s1. The maximum absolute atomic E-state index is 12.9. The van der Waals surface area contributed by atoms with Crippen molar-refractivity contribution in [3.63, 3.8) is 0 Å². The van der Waals surface area contributed by atoms with Crippen LogP contribution in [-0.4, -0.2) is 94.1 Å². The number of piperidine rings is 1. The third-order valence-corrected chi connectivity index (χ3v) is 9.87. The first-order valence-corrected chi connectivity index (χ1v) is 16.8. The molecule has 46 heavy (non-hydrogen) atoms. The molecule has 2 aromatic heterocycles. The predicted octanol–water partition coefficient (Wildman–Crippen LogP) is 4.65. The number of fused-ring (bicyclic) bond motifs is 2. The van der Waals surface area contributed by atoms with Gasteiger partial charge in [-0.25, -0.2) is 9.59 Å². The normalized spacial score (nSPS) is 26.0. The average molecular weight is 632 g/mol. The minimum atomic E-state index is -0.324. The predicted molar refractivity (Wildman–Crippen MR) is 172 cm³/mol. The average Bonchev–Trinajstić information content (AvgIpc) is 3.85. The van der Waals surface area contributed by atoms with E-state index in [2.05, 4.69) is 24.5 Å². The number of anilines is 1. The van der Waals surface area contributed by atoms with Gasteiger partial charge in [0.1, 0.15) is 24.6 Å². The van der Waals surface area contributed by atoms with Crippen LogP contribution in [0.4, 0.5) is 15.4 Å². The van der Waals surface area contributed by atoms with E-state index in [1.807, 2.05) is 52.0 Å². The van der Waals surface area contributed by atoms with Gasteiger partial charge in [-0.2, -0.15) is 14.6 Å². The molecule has 0 radical (unpaired) electrons. The highest BCUT2D eigenvalue weighted by Gasteiger charge is 2.43. The lowest BCUT2D eigenvalue weighted by Crippen LogP contribution is -2.44. The summed E-state index contributed by atoms with van der Waals surface area (Å²) >= 11 is 0. The van der Waals surface area contributed by atoms with Crippen molar-refractivity contribution in [2.45, 2.75) is 76.7 Å². The first-order chi connectivity index (χ1) is 22.4. The molecule has 1 aliphatic carbocycles. The van der Waals surface area contributed by atoms with Crippen LogP contribution in [0.3, 0.4) is 0 Å². The Morgan fingerprint density at radius 1 is 1.02 bits per heavy atom. The van der Waals surface area contributed by atoms with Crippen LogP contribution in [0, 0.1) is 11.8 Å². The Morgan fingerprint density at radius 2 is 1.83 bits per heavy atom. The molecule has 12 nitrogen and oxygen atoms in total. The molecule has 1 aromatic carbocycles. The second-order valence-corrected chi connectivity index (χ2v) is 13.6. The van der Waals surface area contributed by atoms with Gasteiger partial charge in [-0.05, 0) is 62.0 Å². The largest absolute Gasteiger partial charge is 0.472 e. The van der Waals surface area contributed by atoms with E-state index in [0.717, 1.165) is 80.9 Å². The van der Waals surface area contributed by atoms with Crippen molar-refractivity contribution in [1.29, 1.82) is 0 Å². The number of nitrogens with one attached hydrogen (secondary N) is 2. The zero-order valence-electron chi connectivity index (χ0n) is 26.8. The Labute approximate surface area is 269 Å². The number of ether oxygens (including phenoxy) is 3. The van der Waals surface area contributed by atoms with E-state index in [9.17, 15) is 9.59 Å². The molecule has 0 spiro atoms. The van der Waals surface area contributed by atoms with E-state index in [0.29, 0.717) is 30.8 Å². The van der Waals surface area contributed by atoms with Gasteiger partial charge in [-0.3, -0.25) is 0 Å². The van der Waals surface area contributed by atoms with E-state index in [4.69, 9.17) is 24.3 Å². The van der Waals surface area contributed by atoms with E-state index in [-0.39, 0.29) is 43.0 Å².